The fraction of sp³-hybridized carbons (Fsp3) is 0.476. The lowest BCUT2D eigenvalue weighted by Gasteiger charge is -2.40. The van der Waals surface area contributed by atoms with Crippen LogP contribution in [0.4, 0.5) is 5.95 Å². The fourth-order valence-corrected chi connectivity index (χ4v) is 4.59. The van der Waals surface area contributed by atoms with Crippen LogP contribution in [0, 0.1) is 12.8 Å². The van der Waals surface area contributed by atoms with Gasteiger partial charge >= 0.3 is 0 Å². The Labute approximate surface area is 180 Å². The Morgan fingerprint density at radius 2 is 2.07 bits per heavy atom. The summed E-state index contributed by atoms with van der Waals surface area (Å²) in [6.07, 6.45) is 3.93. The van der Waals surface area contributed by atoms with Crippen LogP contribution in [0.1, 0.15) is 19.5 Å². The van der Waals surface area contributed by atoms with Crippen LogP contribution in [0.2, 0.25) is 5.02 Å². The van der Waals surface area contributed by atoms with Crippen molar-refractivity contribution in [1.29, 1.82) is 0 Å². The topological polar surface area (TPSA) is 79.6 Å². The maximum atomic E-state index is 6.29. The molecule has 0 aromatic carbocycles. The van der Waals surface area contributed by atoms with Crippen molar-refractivity contribution in [3.63, 3.8) is 0 Å². The Morgan fingerprint density at radius 1 is 1.20 bits per heavy atom. The van der Waals surface area contributed by atoms with Crippen LogP contribution in [0.5, 0.6) is 0 Å². The molecule has 5 heterocycles. The van der Waals surface area contributed by atoms with Crippen molar-refractivity contribution in [1.82, 2.24) is 30.2 Å². The summed E-state index contributed by atoms with van der Waals surface area (Å²) in [5.41, 5.74) is 10.0. The zero-order valence-corrected chi connectivity index (χ0v) is 18.1. The second-order valence-corrected chi connectivity index (χ2v) is 8.72. The quantitative estimate of drug-likeness (QED) is 0.664. The van der Waals surface area contributed by atoms with Crippen LogP contribution in [0.25, 0.3) is 17.0 Å². The highest BCUT2D eigenvalue weighted by molar-refractivity contribution is 6.30. The number of hydrazine groups is 1. The molecule has 5 rings (SSSR count). The predicted octanol–water partition coefficient (Wildman–Crippen LogP) is 2.46. The molecule has 8 nitrogen and oxygen atoms in total. The molecule has 2 fully saturated rings. The molecule has 2 aliphatic heterocycles. The molecule has 3 aromatic heterocycles. The van der Waals surface area contributed by atoms with E-state index in [4.69, 9.17) is 26.3 Å². The van der Waals surface area contributed by atoms with Crippen LogP contribution in [-0.4, -0.2) is 57.2 Å². The molecule has 3 aromatic rings. The highest BCUT2D eigenvalue weighted by atomic mass is 35.5. The lowest BCUT2D eigenvalue weighted by Crippen LogP contribution is -2.52. The zero-order chi connectivity index (χ0) is 20.8. The third-order valence-corrected chi connectivity index (χ3v) is 6.15. The number of hydrogen-bond donors (Lipinski definition) is 2. The number of halogens is 1. The van der Waals surface area contributed by atoms with E-state index >= 15 is 0 Å². The van der Waals surface area contributed by atoms with E-state index < -0.39 is 0 Å². The third kappa shape index (κ3) is 3.65. The van der Waals surface area contributed by atoms with Gasteiger partial charge in [0.2, 0.25) is 5.95 Å². The maximum Gasteiger partial charge on any atom is 0.226 e. The minimum atomic E-state index is 0.110. The number of morpholine rings is 1. The Hall–Kier alpha value is -2.26. The van der Waals surface area contributed by atoms with E-state index in [1.54, 1.807) is 0 Å². The van der Waals surface area contributed by atoms with Crippen molar-refractivity contribution in [3.05, 3.63) is 41.3 Å². The molecular formula is C21H26ClN7O. The molecule has 2 aliphatic rings. The Bertz CT molecular complexity index is 1070. The van der Waals surface area contributed by atoms with E-state index in [9.17, 15) is 0 Å². The van der Waals surface area contributed by atoms with Gasteiger partial charge in [-0.1, -0.05) is 11.6 Å². The minimum absolute atomic E-state index is 0.110. The molecule has 2 unspecified atom stereocenters. The van der Waals surface area contributed by atoms with E-state index in [1.807, 2.05) is 41.9 Å². The van der Waals surface area contributed by atoms with Crippen LogP contribution in [0.3, 0.4) is 0 Å². The van der Waals surface area contributed by atoms with Crippen LogP contribution in [0.15, 0.2) is 30.6 Å². The standard InChI is InChI=1S/C21H26ClN7O/c1-12-6-17(18-8-23-20-5-4-15(22)10-29(18)20)26-21(25-12)28-9-13(2)30-19(11-28)16-7-24-27-14(16)3/h4-6,8,10,13-14,16,19,24,27H,7,9,11H2,1-3H3/t13-,14?,16?,19+/m0/s1. The molecule has 2 saturated heterocycles. The molecule has 2 N–H and O–H groups in total. The first-order valence-corrected chi connectivity index (χ1v) is 10.7. The van der Waals surface area contributed by atoms with Crippen LogP contribution in [-0.2, 0) is 4.74 Å². The summed E-state index contributed by atoms with van der Waals surface area (Å²) < 4.78 is 8.26. The average Bonchev–Trinajstić information content (AvgIpc) is 3.32. The number of nitrogens with one attached hydrogen (secondary N) is 2. The number of aromatic nitrogens is 4. The first-order valence-electron chi connectivity index (χ1n) is 10.4. The van der Waals surface area contributed by atoms with E-state index in [1.165, 1.54) is 0 Å². The molecule has 0 bridgehead atoms. The lowest BCUT2D eigenvalue weighted by molar-refractivity contribution is -0.0458. The highest BCUT2D eigenvalue weighted by Crippen LogP contribution is 2.27. The van der Waals surface area contributed by atoms with Gasteiger partial charge < -0.3 is 9.64 Å². The second-order valence-electron chi connectivity index (χ2n) is 8.28. The monoisotopic (exact) mass is 427 g/mol. The molecule has 4 atom stereocenters. The van der Waals surface area contributed by atoms with Crippen molar-refractivity contribution in [2.75, 3.05) is 24.5 Å². The van der Waals surface area contributed by atoms with E-state index in [0.717, 1.165) is 48.3 Å². The van der Waals surface area contributed by atoms with Crippen molar-refractivity contribution in [2.24, 2.45) is 5.92 Å². The maximum absolute atomic E-state index is 6.29. The summed E-state index contributed by atoms with van der Waals surface area (Å²) in [4.78, 5) is 16.4. The molecule has 0 aliphatic carbocycles. The number of fused-ring (bicyclic) bond motifs is 1. The van der Waals surface area contributed by atoms with Gasteiger partial charge in [0.15, 0.2) is 0 Å². The van der Waals surface area contributed by atoms with Crippen molar-refractivity contribution in [2.45, 2.75) is 39.0 Å². The summed E-state index contributed by atoms with van der Waals surface area (Å²) in [6.45, 7) is 8.73. The highest BCUT2D eigenvalue weighted by Gasteiger charge is 2.37. The predicted molar refractivity (Wildman–Crippen MR) is 117 cm³/mol. The lowest BCUT2D eigenvalue weighted by atomic mass is 9.95. The Balaban J connectivity index is 1.49. The summed E-state index contributed by atoms with van der Waals surface area (Å²) >= 11 is 6.21. The number of imidazole rings is 1. The average molecular weight is 428 g/mol. The van der Waals surface area contributed by atoms with Crippen molar-refractivity contribution < 1.29 is 4.74 Å². The molecule has 30 heavy (non-hydrogen) atoms. The number of pyridine rings is 1. The van der Waals surface area contributed by atoms with Crippen LogP contribution >= 0.6 is 11.6 Å². The molecule has 9 heteroatoms. The normalized spacial score (nSPS) is 27.1. The molecule has 0 amide bonds. The zero-order valence-electron chi connectivity index (χ0n) is 17.3. The number of hydrogen-bond acceptors (Lipinski definition) is 7. The first kappa shape index (κ1) is 19.7. The SMILES string of the molecule is Cc1cc(-c2cnc3ccc(Cl)cn23)nc(N2C[C@H](C)O[C@@H](C3CNNC3C)C2)n1. The Morgan fingerprint density at radius 3 is 2.87 bits per heavy atom. The third-order valence-electron chi connectivity index (χ3n) is 5.93. The number of nitrogens with zero attached hydrogens (tertiary/aromatic N) is 5. The van der Waals surface area contributed by atoms with Gasteiger partial charge in [-0.3, -0.25) is 15.3 Å². The summed E-state index contributed by atoms with van der Waals surface area (Å²) in [7, 11) is 0. The summed E-state index contributed by atoms with van der Waals surface area (Å²) in [5, 5.41) is 0.658. The summed E-state index contributed by atoms with van der Waals surface area (Å²) in [6, 6.07) is 6.09. The minimum Gasteiger partial charge on any atom is -0.371 e. The van der Waals surface area contributed by atoms with Crippen molar-refractivity contribution in [3.8, 4) is 11.4 Å². The van der Waals surface area contributed by atoms with Crippen molar-refractivity contribution >= 4 is 23.2 Å². The van der Waals surface area contributed by atoms with E-state index in [-0.39, 0.29) is 12.2 Å². The number of anilines is 1. The first-order chi connectivity index (χ1) is 14.5. The molecule has 0 radical (unpaired) electrons. The number of ether oxygens (including phenoxy) is 1. The molecule has 0 saturated carbocycles. The molecule has 158 valence electrons. The molecular weight excluding hydrogens is 402 g/mol. The van der Waals surface area contributed by atoms with Gasteiger partial charge in [-0.25, -0.2) is 15.0 Å². The smallest absolute Gasteiger partial charge is 0.226 e. The number of rotatable bonds is 3. The molecule has 0 spiro atoms. The summed E-state index contributed by atoms with van der Waals surface area (Å²) in [5.74, 6) is 1.13. The number of aryl methyl sites for hydroxylation is 1. The van der Waals surface area contributed by atoms with Gasteiger partial charge in [-0.05, 0) is 39.0 Å². The largest absolute Gasteiger partial charge is 0.371 e. The second kappa shape index (κ2) is 7.77. The van der Waals surface area contributed by atoms with Gasteiger partial charge in [-0.2, -0.15) is 0 Å². The van der Waals surface area contributed by atoms with E-state index in [2.05, 4.69) is 34.6 Å². The van der Waals surface area contributed by atoms with Gasteiger partial charge in [0.25, 0.3) is 0 Å². The van der Waals surface area contributed by atoms with Crippen LogP contribution < -0.4 is 15.8 Å². The van der Waals surface area contributed by atoms with Gasteiger partial charge in [0.1, 0.15) is 5.65 Å². The fourth-order valence-electron chi connectivity index (χ4n) is 4.43. The van der Waals surface area contributed by atoms with Gasteiger partial charge in [0, 0.05) is 43.5 Å². The van der Waals surface area contributed by atoms with Gasteiger partial charge in [-0.15, -0.1) is 0 Å². The Kier molecular flexibility index (Phi) is 5.10. The van der Waals surface area contributed by atoms with E-state index in [0.29, 0.717) is 17.0 Å². The van der Waals surface area contributed by atoms with Gasteiger partial charge in [0.05, 0.1) is 34.8 Å².